The standard InChI is InChI=1S/C26H17F4NO3.C14H11BrFNO2.C14H12FNO2.C13H9F3O.C7H8BFO2.C7H4BrF3O.C7H6BrNO2.C6H7BO2/c27-23-12-16(6-9-21(23)18-7-11-24(25(32)33)31-14-18)15-34-19-8-10-20(17-4-2-1-3-5-17)22(13-19)26(28,29)30;1-19-14(18)13-5-3-10(8-17-13)11-4-2-9(7-15)6-12(11)16;1-9-3-5-11(12(15)7-9)10-4-6-13(16-8-10)14(17)18-2;14-13(15,16)12-8-10(17)6-7-11(12)9-4-2-1-3-5-9;1-5-2-3-6(8(10)11)7(9)4-5;8-6-2-1-4(12)3-5(6)7(9,10)11;1-11-7(10)6-3-2-5(8)4-9-6;8-7(9)6-4-2-1-3-5-6/h1-14H,15H2,(H,32,33);2-6,8H,7H2,1H3;3-8H,1-2H3;1-8,17H;2-4,10-11H,1H3;1-3,12H;2-4H,1H3;1-5,8-9H. The number of alkyl halides is 10. The SMILES string of the molecule is COC(=O)c1ccc(-c2ccc(C)cc2F)cn1.COC(=O)c1ccc(-c2ccc(CBr)cc2F)cn1.COC(=O)c1ccc(Br)cn1.Cc1ccc(B(O)O)c(F)c1.O=C(O)c1ccc(-c2ccc(COc3ccc(-c4ccccc4)c(C(F)(F)F)c3)cc2F)cn1.OB(O)c1ccccc1.Oc1ccc(-c2ccccc2)c(C(F)(F)F)c1.Oc1ccc(Br)c(C(F)(F)F)c1. The molecule has 4 aromatic heterocycles. The van der Waals surface area contributed by atoms with Crippen LogP contribution >= 0.6 is 47.8 Å². The Labute approximate surface area is 766 Å². The number of rotatable bonds is 15. The topological polar surface area (TPSA) is 298 Å². The number of halogens is 16. The van der Waals surface area contributed by atoms with E-state index in [1.807, 2.05) is 25.1 Å². The number of ether oxygens (including phenoxy) is 4. The van der Waals surface area contributed by atoms with Gasteiger partial charge in [-0.2, -0.15) is 39.5 Å². The number of carboxylic acids is 1. The largest absolute Gasteiger partial charge is 0.508 e. The molecule has 0 unspecified atom stereocenters. The third-order valence-corrected chi connectivity index (χ3v) is 19.5. The molecule has 0 atom stereocenters. The lowest BCUT2D eigenvalue weighted by Gasteiger charge is -2.15. The Morgan fingerprint density at radius 3 is 1.12 bits per heavy atom. The van der Waals surface area contributed by atoms with Crippen molar-refractivity contribution in [2.45, 2.75) is 44.3 Å². The first-order valence-corrected chi connectivity index (χ1v) is 40.6. The van der Waals surface area contributed by atoms with Crippen LogP contribution in [-0.4, -0.2) is 115 Å². The minimum Gasteiger partial charge on any atom is -0.508 e. The highest BCUT2D eigenvalue weighted by atomic mass is 79.9. The molecule has 0 fully saturated rings. The molecule has 0 radical (unpaired) electrons. The van der Waals surface area contributed by atoms with Crippen molar-refractivity contribution in [3.63, 3.8) is 0 Å². The number of aromatic carboxylic acids is 1. The Hall–Kier alpha value is -13.4. The highest BCUT2D eigenvalue weighted by molar-refractivity contribution is 9.10. The van der Waals surface area contributed by atoms with E-state index in [0.717, 1.165) is 39.4 Å². The Kier molecular flexibility index (Phi) is 39.9. The maximum absolute atomic E-state index is 14.6. The minimum atomic E-state index is -4.58. The quantitative estimate of drug-likeness (QED) is 0.0165. The number of nitrogens with zero attached hydrogens (tertiary/aromatic N) is 4. The Morgan fingerprint density at radius 2 is 0.748 bits per heavy atom. The van der Waals surface area contributed by atoms with E-state index in [0.29, 0.717) is 67.1 Å². The Morgan fingerprint density at radius 1 is 0.374 bits per heavy atom. The molecular weight excluding hydrogens is 1930 g/mol. The number of methoxy groups -OCH3 is 3. The second-order valence-electron chi connectivity index (χ2n) is 27.0. The molecule has 37 heteroatoms. The van der Waals surface area contributed by atoms with E-state index in [2.05, 4.69) is 81.9 Å². The number of carboxylic acid groups (broad SMARTS) is 1. The molecule has 678 valence electrons. The summed E-state index contributed by atoms with van der Waals surface area (Å²) in [6.45, 7) is 3.41. The van der Waals surface area contributed by atoms with Crippen LogP contribution in [0.3, 0.4) is 0 Å². The van der Waals surface area contributed by atoms with E-state index in [-0.39, 0.29) is 67.7 Å². The zero-order valence-electron chi connectivity index (χ0n) is 69.0. The number of pyridine rings is 4. The van der Waals surface area contributed by atoms with Crippen molar-refractivity contribution in [1.82, 2.24) is 19.9 Å². The number of aromatic hydroxyl groups is 2. The molecule has 0 aliphatic heterocycles. The van der Waals surface area contributed by atoms with Crippen molar-refractivity contribution < 1.29 is 131 Å². The van der Waals surface area contributed by atoms with E-state index in [9.17, 15) is 76.3 Å². The molecule has 7 N–H and O–H groups in total. The summed E-state index contributed by atoms with van der Waals surface area (Å²) in [5, 5.41) is 61.8. The van der Waals surface area contributed by atoms with Crippen LogP contribution in [0.5, 0.6) is 17.2 Å². The van der Waals surface area contributed by atoms with E-state index < -0.39 is 96.5 Å². The highest BCUT2D eigenvalue weighted by Gasteiger charge is 2.36. The van der Waals surface area contributed by atoms with Gasteiger partial charge in [-0.25, -0.2) is 56.7 Å². The summed E-state index contributed by atoms with van der Waals surface area (Å²) < 4.78 is 191. The lowest BCUT2D eigenvalue weighted by atomic mass is 9.79. The highest BCUT2D eigenvalue weighted by Crippen LogP contribution is 2.42. The van der Waals surface area contributed by atoms with Crippen LogP contribution in [0, 0.1) is 37.1 Å². The third-order valence-electron chi connectivity index (χ3n) is 17.7. The first-order valence-electron chi connectivity index (χ1n) is 37.9. The fourth-order valence-electron chi connectivity index (χ4n) is 11.2. The lowest BCUT2D eigenvalue weighted by molar-refractivity contribution is -0.138. The number of benzene rings is 10. The van der Waals surface area contributed by atoms with Crippen molar-refractivity contribution in [3.8, 4) is 72.9 Å². The number of carbonyl (C=O) groups is 4. The normalized spacial score (nSPS) is 10.6. The van der Waals surface area contributed by atoms with Crippen molar-refractivity contribution in [2.24, 2.45) is 0 Å². The van der Waals surface area contributed by atoms with Gasteiger partial charge in [-0.1, -0.05) is 202 Å². The van der Waals surface area contributed by atoms with E-state index in [1.165, 1.54) is 131 Å². The molecule has 0 bridgehead atoms. The van der Waals surface area contributed by atoms with Gasteiger partial charge in [0.2, 0.25) is 0 Å². The van der Waals surface area contributed by atoms with Gasteiger partial charge >= 0.3 is 56.6 Å². The summed E-state index contributed by atoms with van der Waals surface area (Å²) in [5.41, 5.74) is 5.12. The van der Waals surface area contributed by atoms with Crippen molar-refractivity contribution >= 4 is 96.8 Å². The summed E-state index contributed by atoms with van der Waals surface area (Å²) in [4.78, 5) is 59.7. The summed E-state index contributed by atoms with van der Waals surface area (Å²) in [6.07, 6.45) is -7.78. The summed E-state index contributed by atoms with van der Waals surface area (Å²) >= 11 is 9.21. The molecule has 0 spiro atoms. The van der Waals surface area contributed by atoms with Gasteiger partial charge in [-0.15, -0.1) is 0 Å². The van der Waals surface area contributed by atoms with Crippen LogP contribution in [0.15, 0.2) is 301 Å². The first-order chi connectivity index (χ1) is 62.0. The Bertz CT molecular complexity index is 6110. The summed E-state index contributed by atoms with van der Waals surface area (Å²) in [5.74, 6) is -5.21. The average Bonchev–Trinajstić information content (AvgIpc) is 0.802. The number of aryl methyl sites for hydroxylation is 2. The molecule has 14 rings (SSSR count). The van der Waals surface area contributed by atoms with Crippen LogP contribution in [0.4, 0.5) is 57.1 Å². The van der Waals surface area contributed by atoms with Crippen molar-refractivity contribution in [1.29, 1.82) is 0 Å². The van der Waals surface area contributed by atoms with Crippen LogP contribution in [0.25, 0.3) is 55.6 Å². The van der Waals surface area contributed by atoms with Gasteiger partial charge in [-0.3, -0.25) is 0 Å². The zero-order valence-corrected chi connectivity index (χ0v) is 73.8. The zero-order chi connectivity index (χ0) is 96.5. The van der Waals surface area contributed by atoms with E-state index in [1.54, 1.807) is 147 Å². The second-order valence-corrected chi connectivity index (χ2v) is 29.3. The van der Waals surface area contributed by atoms with Gasteiger partial charge in [0.1, 0.15) is 69.9 Å². The number of carbonyl (C=O) groups excluding carboxylic acids is 3. The molecule has 19 nitrogen and oxygen atoms in total. The predicted octanol–water partition coefficient (Wildman–Crippen LogP) is 21.5. The number of hydrogen-bond donors (Lipinski definition) is 7. The summed E-state index contributed by atoms with van der Waals surface area (Å²) in [6, 6.07) is 66.0. The van der Waals surface area contributed by atoms with Gasteiger partial charge in [0.25, 0.3) is 0 Å². The van der Waals surface area contributed by atoms with Gasteiger partial charge in [0, 0.05) is 77.9 Å². The van der Waals surface area contributed by atoms with Gasteiger partial charge in [0.05, 0.1) is 38.0 Å². The van der Waals surface area contributed by atoms with Gasteiger partial charge in [0.15, 0.2) is 0 Å². The minimum absolute atomic E-state index is 0.00458. The molecule has 4 heterocycles. The van der Waals surface area contributed by atoms with Crippen LogP contribution in [0.2, 0.25) is 0 Å². The van der Waals surface area contributed by atoms with Gasteiger partial charge in [-0.05, 0) is 177 Å². The predicted molar refractivity (Wildman–Crippen MR) is 477 cm³/mol. The van der Waals surface area contributed by atoms with E-state index >= 15 is 0 Å². The van der Waals surface area contributed by atoms with Gasteiger partial charge < -0.3 is 54.4 Å². The molecule has 0 saturated carbocycles. The van der Waals surface area contributed by atoms with Crippen molar-refractivity contribution in [2.75, 3.05) is 21.3 Å². The molecule has 0 amide bonds. The van der Waals surface area contributed by atoms with Crippen LogP contribution in [0.1, 0.15) is 80.9 Å². The Balaban J connectivity index is 0.000000213. The lowest BCUT2D eigenvalue weighted by Crippen LogP contribution is -2.32. The number of hydrogen-bond acceptors (Lipinski definition) is 18. The maximum atomic E-state index is 14.6. The molecule has 14 aromatic rings. The molecule has 0 aliphatic carbocycles. The fourth-order valence-corrected chi connectivity index (χ4v) is 12.2. The number of phenolic OH excluding ortho intramolecular Hbond substituents is 2. The molecule has 131 heavy (non-hydrogen) atoms. The number of phenols is 2. The number of aromatic nitrogens is 4. The maximum Gasteiger partial charge on any atom is 0.491 e. The summed E-state index contributed by atoms with van der Waals surface area (Å²) in [7, 11) is 0.835. The molecule has 10 aromatic carbocycles. The monoisotopic (exact) mass is 2000 g/mol. The number of esters is 3. The van der Waals surface area contributed by atoms with E-state index in [4.69, 9.17) is 40.2 Å². The molecular formula is C94H74B2Br3F13N4O15. The van der Waals surface area contributed by atoms with Crippen molar-refractivity contribution in [3.05, 3.63) is 386 Å². The first kappa shape index (κ1) is 105. The third kappa shape index (κ3) is 32.6. The smallest absolute Gasteiger partial charge is 0.491 e. The second kappa shape index (κ2) is 49.9. The van der Waals surface area contributed by atoms with Crippen LogP contribution < -0.4 is 15.7 Å². The molecule has 0 saturated heterocycles. The van der Waals surface area contributed by atoms with Crippen LogP contribution in [-0.2, 0) is 44.7 Å². The molecule has 0 aliphatic rings. The average molecular weight is 2010 g/mol. The fraction of sp³-hybridized carbons (Fsp3) is 0.106.